The average molecular weight is 354 g/mol. The molecule has 0 saturated carbocycles. The highest BCUT2D eigenvalue weighted by Gasteiger charge is 2.12. The summed E-state index contributed by atoms with van der Waals surface area (Å²) >= 11 is 9.32. The number of pyridine rings is 1. The molecule has 0 unspecified atom stereocenters. The third-order valence-electron chi connectivity index (χ3n) is 2.92. The van der Waals surface area contributed by atoms with Gasteiger partial charge in [0.2, 0.25) is 0 Å². The molecule has 0 atom stereocenters. The normalized spacial score (nSPS) is 10.4. The van der Waals surface area contributed by atoms with E-state index in [1.165, 1.54) is 0 Å². The number of carbonyl (C=O) groups is 1. The van der Waals surface area contributed by atoms with Crippen LogP contribution in [0.5, 0.6) is 0 Å². The quantitative estimate of drug-likeness (QED) is 0.797. The van der Waals surface area contributed by atoms with Gasteiger partial charge in [-0.1, -0.05) is 27.5 Å². The van der Waals surface area contributed by atoms with Gasteiger partial charge in [0, 0.05) is 21.4 Å². The Balaban J connectivity index is 2.32. The van der Waals surface area contributed by atoms with Crippen LogP contribution in [0.1, 0.15) is 27.2 Å². The summed E-state index contributed by atoms with van der Waals surface area (Å²) in [5.41, 5.74) is 4.05. The number of nitrogens with one attached hydrogen (secondary N) is 1. The van der Waals surface area contributed by atoms with E-state index in [1.54, 1.807) is 19.1 Å². The van der Waals surface area contributed by atoms with Crippen molar-refractivity contribution in [3.8, 4) is 0 Å². The number of amides is 1. The van der Waals surface area contributed by atoms with Crippen LogP contribution >= 0.6 is 27.5 Å². The maximum atomic E-state index is 12.3. The summed E-state index contributed by atoms with van der Waals surface area (Å²) in [6.07, 6.45) is 0. The first-order chi connectivity index (χ1) is 9.36. The Morgan fingerprint density at radius 1 is 1.15 bits per heavy atom. The van der Waals surface area contributed by atoms with Crippen molar-refractivity contribution in [3.05, 3.63) is 56.3 Å². The molecule has 0 fully saturated rings. The van der Waals surface area contributed by atoms with Crippen LogP contribution in [-0.4, -0.2) is 10.9 Å². The van der Waals surface area contributed by atoms with Gasteiger partial charge >= 0.3 is 0 Å². The Morgan fingerprint density at radius 2 is 1.75 bits per heavy atom. The van der Waals surface area contributed by atoms with Crippen LogP contribution in [0.4, 0.5) is 5.69 Å². The van der Waals surface area contributed by atoms with Crippen LogP contribution in [0, 0.1) is 20.8 Å². The van der Waals surface area contributed by atoms with Crippen LogP contribution in [0.2, 0.25) is 5.15 Å². The van der Waals surface area contributed by atoms with E-state index in [-0.39, 0.29) is 5.91 Å². The van der Waals surface area contributed by atoms with Crippen molar-refractivity contribution < 1.29 is 4.79 Å². The van der Waals surface area contributed by atoms with Gasteiger partial charge in [0.15, 0.2) is 0 Å². The third-order valence-corrected chi connectivity index (χ3v) is 3.57. The number of hydrogen-bond acceptors (Lipinski definition) is 2. The molecule has 0 radical (unpaired) electrons. The average Bonchev–Trinajstić information content (AvgIpc) is 2.32. The van der Waals surface area contributed by atoms with Crippen LogP contribution < -0.4 is 5.32 Å². The van der Waals surface area contributed by atoms with Crippen molar-refractivity contribution in [1.29, 1.82) is 0 Å². The summed E-state index contributed by atoms with van der Waals surface area (Å²) < 4.78 is 0.994. The van der Waals surface area contributed by atoms with Gasteiger partial charge in [-0.3, -0.25) is 4.79 Å². The first-order valence-corrected chi connectivity index (χ1v) is 7.26. The van der Waals surface area contributed by atoms with Crippen molar-refractivity contribution in [1.82, 2.24) is 4.98 Å². The summed E-state index contributed by atoms with van der Waals surface area (Å²) in [5.74, 6) is -0.189. The number of carbonyl (C=O) groups excluding carboxylic acids is 1. The predicted molar refractivity (Wildman–Crippen MR) is 85.6 cm³/mol. The van der Waals surface area contributed by atoms with Crippen LogP contribution in [-0.2, 0) is 0 Å². The SMILES string of the molecule is Cc1cc(C(=O)Nc2c(C)cc(Br)cc2C)cc(Cl)n1. The molecule has 20 heavy (non-hydrogen) atoms. The molecule has 0 aliphatic carbocycles. The van der Waals surface area contributed by atoms with Crippen molar-refractivity contribution >= 4 is 39.1 Å². The molecule has 0 aliphatic heterocycles. The van der Waals surface area contributed by atoms with Crippen LogP contribution in [0.15, 0.2) is 28.7 Å². The number of aryl methyl sites for hydroxylation is 3. The lowest BCUT2D eigenvalue weighted by Crippen LogP contribution is -2.14. The number of hydrogen-bond donors (Lipinski definition) is 1. The lowest BCUT2D eigenvalue weighted by Gasteiger charge is -2.12. The van der Waals surface area contributed by atoms with Crippen molar-refractivity contribution in [2.24, 2.45) is 0 Å². The van der Waals surface area contributed by atoms with E-state index in [0.29, 0.717) is 16.4 Å². The first-order valence-electron chi connectivity index (χ1n) is 6.09. The molecule has 3 nitrogen and oxygen atoms in total. The summed E-state index contributed by atoms with van der Waals surface area (Å²) in [6, 6.07) is 7.21. The van der Waals surface area contributed by atoms with E-state index in [4.69, 9.17) is 11.6 Å². The fourth-order valence-electron chi connectivity index (χ4n) is 2.05. The molecule has 1 aromatic carbocycles. The number of aromatic nitrogens is 1. The molecule has 1 N–H and O–H groups in total. The zero-order chi connectivity index (χ0) is 14.9. The monoisotopic (exact) mass is 352 g/mol. The van der Waals surface area contributed by atoms with Gasteiger partial charge in [-0.05, 0) is 56.2 Å². The third kappa shape index (κ3) is 3.38. The molecule has 5 heteroatoms. The molecule has 2 rings (SSSR count). The molecule has 0 bridgehead atoms. The van der Waals surface area contributed by atoms with Crippen LogP contribution in [0.25, 0.3) is 0 Å². The first kappa shape index (κ1) is 15.0. The topological polar surface area (TPSA) is 42.0 Å². The maximum Gasteiger partial charge on any atom is 0.255 e. The standard InChI is InChI=1S/C15H14BrClN2O/c1-8-4-12(16)5-9(2)14(8)19-15(20)11-6-10(3)18-13(17)7-11/h4-7H,1-3H3,(H,19,20). The Bertz CT molecular complexity index is 642. The molecule has 0 spiro atoms. The van der Waals surface area contributed by atoms with Gasteiger partial charge in [0.1, 0.15) is 5.15 Å². The number of nitrogens with zero attached hydrogens (tertiary/aromatic N) is 1. The smallest absolute Gasteiger partial charge is 0.255 e. The van der Waals surface area contributed by atoms with Crippen molar-refractivity contribution in [3.63, 3.8) is 0 Å². The van der Waals surface area contributed by atoms with E-state index >= 15 is 0 Å². The highest BCUT2D eigenvalue weighted by atomic mass is 79.9. The molecule has 1 heterocycles. The largest absolute Gasteiger partial charge is 0.321 e. The molecule has 0 saturated heterocycles. The summed E-state index contributed by atoms with van der Waals surface area (Å²) in [4.78, 5) is 16.3. The second-order valence-electron chi connectivity index (χ2n) is 4.69. The summed E-state index contributed by atoms with van der Waals surface area (Å²) in [5, 5.41) is 3.25. The van der Waals surface area contributed by atoms with Gasteiger partial charge in [0.05, 0.1) is 0 Å². The van der Waals surface area contributed by atoms with E-state index in [1.807, 2.05) is 26.0 Å². The highest BCUT2D eigenvalue weighted by molar-refractivity contribution is 9.10. The number of rotatable bonds is 2. The minimum atomic E-state index is -0.189. The summed E-state index contributed by atoms with van der Waals surface area (Å²) in [6.45, 7) is 5.72. The molecule has 1 amide bonds. The predicted octanol–water partition coefficient (Wildman–Crippen LogP) is 4.68. The van der Waals surface area contributed by atoms with Gasteiger partial charge < -0.3 is 5.32 Å². The lowest BCUT2D eigenvalue weighted by molar-refractivity contribution is 0.102. The number of benzene rings is 1. The van der Waals surface area contributed by atoms with Gasteiger partial charge in [-0.15, -0.1) is 0 Å². The van der Waals surface area contributed by atoms with Gasteiger partial charge in [0.25, 0.3) is 5.91 Å². The number of anilines is 1. The lowest BCUT2D eigenvalue weighted by atomic mass is 10.1. The Morgan fingerprint density at radius 3 is 2.30 bits per heavy atom. The Labute approximate surface area is 131 Å². The fourth-order valence-corrected chi connectivity index (χ4v) is 2.99. The van der Waals surface area contributed by atoms with E-state index in [2.05, 4.69) is 26.2 Å². The van der Waals surface area contributed by atoms with E-state index < -0.39 is 0 Å². The van der Waals surface area contributed by atoms with Gasteiger partial charge in [-0.25, -0.2) is 4.98 Å². The second-order valence-corrected chi connectivity index (χ2v) is 5.99. The fraction of sp³-hybridized carbons (Fsp3) is 0.200. The second kappa shape index (κ2) is 5.94. The van der Waals surface area contributed by atoms with Gasteiger partial charge in [-0.2, -0.15) is 0 Å². The number of halogens is 2. The maximum absolute atomic E-state index is 12.3. The van der Waals surface area contributed by atoms with E-state index in [0.717, 1.165) is 21.3 Å². The summed E-state index contributed by atoms with van der Waals surface area (Å²) in [7, 11) is 0. The molecular formula is C15H14BrClN2O. The highest BCUT2D eigenvalue weighted by Crippen LogP contribution is 2.25. The molecule has 1 aromatic heterocycles. The molecule has 2 aromatic rings. The minimum Gasteiger partial charge on any atom is -0.321 e. The Kier molecular flexibility index (Phi) is 4.45. The molecular weight excluding hydrogens is 340 g/mol. The van der Waals surface area contributed by atoms with Crippen molar-refractivity contribution in [2.45, 2.75) is 20.8 Å². The zero-order valence-corrected chi connectivity index (χ0v) is 13.8. The van der Waals surface area contributed by atoms with Crippen LogP contribution in [0.3, 0.4) is 0 Å². The van der Waals surface area contributed by atoms with Crippen molar-refractivity contribution in [2.75, 3.05) is 5.32 Å². The zero-order valence-electron chi connectivity index (χ0n) is 11.4. The molecule has 104 valence electrons. The van der Waals surface area contributed by atoms with E-state index in [9.17, 15) is 4.79 Å². The molecule has 0 aliphatic rings. The Hall–Kier alpha value is -1.39. The minimum absolute atomic E-state index is 0.189.